The van der Waals surface area contributed by atoms with Gasteiger partial charge in [-0.15, -0.1) is 22.7 Å². The van der Waals surface area contributed by atoms with Crippen LogP contribution in [0.3, 0.4) is 0 Å². The van der Waals surface area contributed by atoms with Gasteiger partial charge in [-0.3, -0.25) is 9.36 Å². The molecule has 0 saturated carbocycles. The lowest BCUT2D eigenvalue weighted by Crippen LogP contribution is -2.48. The Labute approximate surface area is 238 Å². The number of hydrogen-bond donors (Lipinski definition) is 1. The summed E-state index contributed by atoms with van der Waals surface area (Å²) in [5, 5.41) is 12.6. The van der Waals surface area contributed by atoms with E-state index in [4.69, 9.17) is 13.9 Å². The summed E-state index contributed by atoms with van der Waals surface area (Å²) in [5.41, 5.74) is 1.63. The Hall–Kier alpha value is -3.66. The Morgan fingerprint density at radius 2 is 2.00 bits per heavy atom. The molecule has 1 fully saturated rings. The summed E-state index contributed by atoms with van der Waals surface area (Å²) >= 11 is 3.20. The fourth-order valence-electron chi connectivity index (χ4n) is 4.48. The van der Waals surface area contributed by atoms with Gasteiger partial charge in [0.25, 0.3) is 5.91 Å². The molecule has 0 spiro atoms. The first-order chi connectivity index (χ1) is 19.0. The molecule has 1 N–H and O–H groups in total. The number of nitrogens with zero attached hydrogens (tertiary/aromatic N) is 3. The van der Waals surface area contributed by atoms with E-state index in [0.29, 0.717) is 31.6 Å². The number of carbonyl (C=O) groups is 2. The number of fused-ring (bicyclic) bond motifs is 2. The molecular formula is C28H30N4O6S2. The van der Waals surface area contributed by atoms with Gasteiger partial charge >= 0.3 is 11.8 Å². The van der Waals surface area contributed by atoms with Gasteiger partial charge in [-0.05, 0) is 63.1 Å². The topological polar surface area (TPSA) is 127 Å². The van der Waals surface area contributed by atoms with E-state index in [1.807, 2.05) is 18.2 Å². The second-order valence-electron chi connectivity index (χ2n) is 10.7. The molecule has 4 heterocycles. The number of carbonyl (C=O) groups excluding carboxylic acids is 2. The van der Waals surface area contributed by atoms with Crippen molar-refractivity contribution in [1.29, 1.82) is 5.26 Å². The zero-order valence-electron chi connectivity index (χ0n) is 22.7. The largest absolute Gasteiger partial charge is 0.444 e. The van der Waals surface area contributed by atoms with Crippen LogP contribution >= 0.6 is 22.7 Å². The molecule has 1 aliphatic heterocycles. The molecule has 2 atom stereocenters. The van der Waals surface area contributed by atoms with Crippen molar-refractivity contribution in [3.05, 3.63) is 45.8 Å². The summed E-state index contributed by atoms with van der Waals surface area (Å²) < 4.78 is 20.0. The number of oxazole rings is 1. The van der Waals surface area contributed by atoms with Crippen LogP contribution in [0.25, 0.3) is 30.9 Å². The Balaban J connectivity index is 1.24. The number of aryl methyl sites for hydroxylation is 1. The molecule has 3 aromatic heterocycles. The van der Waals surface area contributed by atoms with E-state index in [2.05, 4.69) is 17.5 Å². The van der Waals surface area contributed by atoms with Crippen molar-refractivity contribution in [2.75, 3.05) is 19.7 Å². The third-order valence-electron chi connectivity index (χ3n) is 6.43. The van der Waals surface area contributed by atoms with Gasteiger partial charge in [0.1, 0.15) is 11.6 Å². The Kier molecular flexibility index (Phi) is 7.72. The first-order valence-electron chi connectivity index (χ1n) is 12.9. The summed E-state index contributed by atoms with van der Waals surface area (Å²) in [4.78, 5) is 40.9. The average Bonchev–Trinajstić information content (AvgIpc) is 3.45. The van der Waals surface area contributed by atoms with E-state index >= 15 is 0 Å². The lowest BCUT2D eigenvalue weighted by molar-refractivity contribution is -0.133. The summed E-state index contributed by atoms with van der Waals surface area (Å²) in [6, 6.07) is 11.3. The molecule has 2 amide bonds. The van der Waals surface area contributed by atoms with Crippen LogP contribution in [0.5, 0.6) is 0 Å². The predicted molar refractivity (Wildman–Crippen MR) is 154 cm³/mol. The van der Waals surface area contributed by atoms with Crippen LogP contribution in [0.1, 0.15) is 32.1 Å². The molecule has 1 aromatic carbocycles. The normalized spacial score (nSPS) is 17.0. The van der Waals surface area contributed by atoms with Crippen molar-refractivity contribution in [2.45, 2.75) is 51.4 Å². The van der Waals surface area contributed by atoms with Crippen molar-refractivity contribution in [2.24, 2.45) is 7.05 Å². The first-order valence-corrected chi connectivity index (χ1v) is 14.6. The standard InChI is InChI=1S/C28H30N4O6S2/c1-28(2,3)38-27(35)32-8-5-9-36-21(15-32)25(33)30-17(14-29)11-18-12-23-24(39-18)13-22(40-23)16-6-7-20-19(10-16)31(4)26(34)37-20/h6-7,10,12-13,17,21H,5,8-9,11,15H2,1-4H3,(H,30,33)/t17?,21-/m0/s1. The minimum Gasteiger partial charge on any atom is -0.444 e. The van der Waals surface area contributed by atoms with E-state index in [1.165, 1.54) is 9.47 Å². The van der Waals surface area contributed by atoms with Gasteiger partial charge < -0.3 is 24.1 Å². The third-order valence-corrected chi connectivity index (χ3v) is 8.80. The molecule has 1 unspecified atom stereocenters. The Morgan fingerprint density at radius 1 is 1.23 bits per heavy atom. The third kappa shape index (κ3) is 6.06. The molecule has 0 bridgehead atoms. The van der Waals surface area contributed by atoms with Crippen molar-refractivity contribution in [3.63, 3.8) is 0 Å². The highest BCUT2D eigenvalue weighted by Gasteiger charge is 2.31. The molecule has 4 aromatic rings. The molecule has 0 aliphatic carbocycles. The van der Waals surface area contributed by atoms with Crippen molar-refractivity contribution < 1.29 is 23.5 Å². The van der Waals surface area contributed by atoms with E-state index in [0.717, 1.165) is 30.2 Å². The van der Waals surface area contributed by atoms with Crippen LogP contribution in [0.15, 0.2) is 39.5 Å². The van der Waals surface area contributed by atoms with Gasteiger partial charge in [0, 0.05) is 45.8 Å². The Bertz CT molecular complexity index is 1640. The van der Waals surface area contributed by atoms with Gasteiger partial charge in [-0.2, -0.15) is 5.26 Å². The molecule has 0 radical (unpaired) electrons. The molecule has 10 nitrogen and oxygen atoms in total. The monoisotopic (exact) mass is 582 g/mol. The van der Waals surface area contributed by atoms with Crippen LogP contribution in [0, 0.1) is 11.3 Å². The molecular weight excluding hydrogens is 552 g/mol. The van der Waals surface area contributed by atoms with Crippen LogP contribution in [0.2, 0.25) is 0 Å². The minimum atomic E-state index is -0.882. The number of nitriles is 1. The number of amides is 2. The number of thiophene rings is 2. The minimum absolute atomic E-state index is 0.0647. The smallest absolute Gasteiger partial charge is 0.419 e. The highest BCUT2D eigenvalue weighted by molar-refractivity contribution is 7.29. The van der Waals surface area contributed by atoms with E-state index < -0.39 is 35.5 Å². The maximum atomic E-state index is 13.0. The predicted octanol–water partition coefficient (Wildman–Crippen LogP) is 4.65. The second kappa shape index (κ2) is 11.1. The van der Waals surface area contributed by atoms with Gasteiger partial charge in [-0.1, -0.05) is 0 Å². The fraction of sp³-hybridized carbons (Fsp3) is 0.429. The first kappa shape index (κ1) is 27.9. The highest BCUT2D eigenvalue weighted by atomic mass is 32.1. The van der Waals surface area contributed by atoms with Gasteiger partial charge in [0.05, 0.1) is 18.1 Å². The van der Waals surface area contributed by atoms with Crippen LogP contribution in [0.4, 0.5) is 4.79 Å². The fourth-order valence-corrected chi connectivity index (χ4v) is 6.94. The number of ether oxygens (including phenoxy) is 2. The number of benzene rings is 1. The summed E-state index contributed by atoms with van der Waals surface area (Å²) in [6.45, 7) is 6.21. The molecule has 40 heavy (non-hydrogen) atoms. The lowest BCUT2D eigenvalue weighted by Gasteiger charge is -2.27. The summed E-state index contributed by atoms with van der Waals surface area (Å²) in [7, 11) is 1.68. The second-order valence-corrected chi connectivity index (χ2v) is 12.9. The highest BCUT2D eigenvalue weighted by Crippen LogP contribution is 2.39. The maximum Gasteiger partial charge on any atom is 0.419 e. The number of aromatic nitrogens is 1. The summed E-state index contributed by atoms with van der Waals surface area (Å²) in [6.07, 6.45) is -0.422. The number of rotatable bonds is 5. The molecule has 1 aliphatic rings. The van der Waals surface area contributed by atoms with Crippen LogP contribution < -0.4 is 11.1 Å². The van der Waals surface area contributed by atoms with Gasteiger partial charge in [0.2, 0.25) is 0 Å². The molecule has 5 rings (SSSR count). The quantitative estimate of drug-likeness (QED) is 0.363. The van der Waals surface area contributed by atoms with Crippen LogP contribution in [-0.4, -0.2) is 58.9 Å². The lowest BCUT2D eigenvalue weighted by atomic mass is 10.1. The number of nitrogens with one attached hydrogen (secondary N) is 1. The molecule has 12 heteroatoms. The van der Waals surface area contributed by atoms with Gasteiger partial charge in [0.15, 0.2) is 11.7 Å². The SMILES string of the molecule is Cn1c(=O)oc2ccc(-c3cc4sc(CC(C#N)NC(=O)[C@@H]5CN(C(=O)OC(C)(C)C)CCCO5)cc4s3)cc21. The molecule has 210 valence electrons. The van der Waals surface area contributed by atoms with E-state index in [-0.39, 0.29) is 6.54 Å². The van der Waals surface area contributed by atoms with Crippen molar-refractivity contribution in [3.8, 4) is 16.5 Å². The zero-order chi connectivity index (χ0) is 28.6. The maximum absolute atomic E-state index is 13.0. The zero-order valence-corrected chi connectivity index (χ0v) is 24.3. The van der Waals surface area contributed by atoms with Crippen molar-refractivity contribution >= 4 is 55.2 Å². The van der Waals surface area contributed by atoms with Crippen molar-refractivity contribution in [1.82, 2.24) is 14.8 Å². The average molecular weight is 583 g/mol. The summed E-state index contributed by atoms with van der Waals surface area (Å²) in [5.74, 6) is -0.819. The van der Waals surface area contributed by atoms with Gasteiger partial charge in [-0.25, -0.2) is 9.59 Å². The van der Waals surface area contributed by atoms with E-state index in [1.54, 1.807) is 56.6 Å². The van der Waals surface area contributed by atoms with E-state index in [9.17, 15) is 19.6 Å². The Morgan fingerprint density at radius 3 is 2.73 bits per heavy atom. The number of hydrogen-bond acceptors (Lipinski definition) is 9. The molecule has 1 saturated heterocycles. The van der Waals surface area contributed by atoms with Crippen LogP contribution in [-0.2, 0) is 27.7 Å².